The van der Waals surface area contributed by atoms with E-state index >= 15 is 0 Å². The number of rotatable bonds is 3. The molecule has 0 radical (unpaired) electrons. The van der Waals surface area contributed by atoms with Gasteiger partial charge in [0.2, 0.25) is 0 Å². The average Bonchev–Trinajstić information content (AvgIpc) is 2.41. The van der Waals surface area contributed by atoms with E-state index < -0.39 is 5.97 Å². The highest BCUT2D eigenvalue weighted by Crippen LogP contribution is 2.18. The van der Waals surface area contributed by atoms with Gasteiger partial charge in [0.15, 0.2) is 0 Å². The molecule has 0 saturated carbocycles. The van der Waals surface area contributed by atoms with Crippen LogP contribution in [0.3, 0.4) is 0 Å². The lowest BCUT2D eigenvalue weighted by atomic mass is 10.1. The zero-order valence-corrected chi connectivity index (χ0v) is 12.1. The van der Waals surface area contributed by atoms with Gasteiger partial charge < -0.3 is 10.0 Å². The third kappa shape index (κ3) is 3.49. The van der Waals surface area contributed by atoms with E-state index in [9.17, 15) is 9.59 Å². The third-order valence-corrected chi connectivity index (χ3v) is 3.85. The van der Waals surface area contributed by atoms with Gasteiger partial charge in [-0.15, -0.1) is 0 Å². The van der Waals surface area contributed by atoms with Crippen molar-refractivity contribution in [1.29, 1.82) is 0 Å². The largest absolute Gasteiger partial charge is 0.480 e. The molecule has 108 valence electrons. The Balaban J connectivity index is 1.97. The first kappa shape index (κ1) is 14.8. The Morgan fingerprint density at radius 3 is 2.45 bits per heavy atom. The number of halogens is 1. The second kappa shape index (κ2) is 6.24. The van der Waals surface area contributed by atoms with Crippen LogP contribution >= 0.6 is 11.6 Å². The molecule has 1 fully saturated rings. The summed E-state index contributed by atoms with van der Waals surface area (Å²) in [6, 6.07) is 5.24. The van der Waals surface area contributed by atoms with Crippen LogP contribution in [0.1, 0.15) is 15.9 Å². The summed E-state index contributed by atoms with van der Waals surface area (Å²) in [5, 5.41) is 9.39. The number of nitrogens with zero attached hydrogens (tertiary/aromatic N) is 2. The summed E-state index contributed by atoms with van der Waals surface area (Å²) in [4.78, 5) is 26.6. The highest BCUT2D eigenvalue weighted by molar-refractivity contribution is 6.31. The van der Waals surface area contributed by atoms with Crippen molar-refractivity contribution < 1.29 is 14.7 Å². The van der Waals surface area contributed by atoms with Crippen molar-refractivity contribution >= 4 is 23.5 Å². The quantitative estimate of drug-likeness (QED) is 0.918. The summed E-state index contributed by atoms with van der Waals surface area (Å²) >= 11 is 5.95. The van der Waals surface area contributed by atoms with Crippen LogP contribution in [0.2, 0.25) is 5.02 Å². The number of aryl methyl sites for hydroxylation is 1. The molecule has 2 rings (SSSR count). The summed E-state index contributed by atoms with van der Waals surface area (Å²) in [5.41, 5.74) is 1.50. The minimum absolute atomic E-state index is 0.0280. The van der Waals surface area contributed by atoms with Crippen LogP contribution in [0.4, 0.5) is 0 Å². The predicted octanol–water partition coefficient (Wildman–Crippen LogP) is 1.49. The standard InChI is InChI=1S/C14H17ClN2O3/c1-10-8-11(2-3-12(10)15)14(20)17-6-4-16(5-7-17)9-13(18)19/h2-3,8H,4-7,9H2,1H3,(H,18,19). The van der Waals surface area contributed by atoms with Gasteiger partial charge in [-0.3, -0.25) is 14.5 Å². The van der Waals surface area contributed by atoms with Gasteiger partial charge in [-0.25, -0.2) is 0 Å². The summed E-state index contributed by atoms with van der Waals surface area (Å²) in [5.74, 6) is -0.863. The van der Waals surface area contributed by atoms with Crippen LogP contribution in [0.15, 0.2) is 18.2 Å². The van der Waals surface area contributed by atoms with Crippen LogP contribution < -0.4 is 0 Å². The maximum absolute atomic E-state index is 12.3. The SMILES string of the molecule is Cc1cc(C(=O)N2CCN(CC(=O)O)CC2)ccc1Cl. The number of amides is 1. The molecule has 1 aromatic rings. The summed E-state index contributed by atoms with van der Waals surface area (Å²) in [6.45, 7) is 4.17. The maximum atomic E-state index is 12.3. The molecule has 1 saturated heterocycles. The topological polar surface area (TPSA) is 60.9 Å². The fourth-order valence-electron chi connectivity index (χ4n) is 2.26. The Morgan fingerprint density at radius 2 is 1.90 bits per heavy atom. The highest BCUT2D eigenvalue weighted by Gasteiger charge is 2.23. The van der Waals surface area contributed by atoms with Gasteiger partial charge in [0, 0.05) is 36.8 Å². The van der Waals surface area contributed by atoms with Crippen molar-refractivity contribution in [2.75, 3.05) is 32.7 Å². The first-order valence-electron chi connectivity index (χ1n) is 6.47. The molecule has 1 aliphatic heterocycles. The van der Waals surface area contributed by atoms with Gasteiger partial charge in [0.1, 0.15) is 0 Å². The minimum Gasteiger partial charge on any atom is -0.480 e. The van der Waals surface area contributed by atoms with Crippen LogP contribution in [0.25, 0.3) is 0 Å². The number of carboxylic acid groups (broad SMARTS) is 1. The molecule has 1 aromatic carbocycles. The van der Waals surface area contributed by atoms with Crippen molar-refractivity contribution in [1.82, 2.24) is 9.80 Å². The van der Waals surface area contributed by atoms with Crippen LogP contribution in [0.5, 0.6) is 0 Å². The molecule has 0 atom stereocenters. The molecule has 1 N–H and O–H groups in total. The van der Waals surface area contributed by atoms with E-state index in [1.165, 1.54) is 0 Å². The fraction of sp³-hybridized carbons (Fsp3) is 0.429. The zero-order valence-electron chi connectivity index (χ0n) is 11.3. The smallest absolute Gasteiger partial charge is 0.317 e. The number of hydrogen-bond acceptors (Lipinski definition) is 3. The van der Waals surface area contributed by atoms with Gasteiger partial charge in [-0.05, 0) is 30.7 Å². The van der Waals surface area contributed by atoms with E-state index in [2.05, 4.69) is 0 Å². The highest BCUT2D eigenvalue weighted by atomic mass is 35.5. The van der Waals surface area contributed by atoms with Crippen molar-refractivity contribution in [3.05, 3.63) is 34.3 Å². The maximum Gasteiger partial charge on any atom is 0.317 e. The Morgan fingerprint density at radius 1 is 1.25 bits per heavy atom. The van der Waals surface area contributed by atoms with Gasteiger partial charge in [-0.2, -0.15) is 0 Å². The lowest BCUT2D eigenvalue weighted by Gasteiger charge is -2.33. The molecule has 0 unspecified atom stereocenters. The van der Waals surface area contributed by atoms with E-state index in [0.29, 0.717) is 36.8 Å². The molecular formula is C14H17ClN2O3. The van der Waals surface area contributed by atoms with E-state index in [0.717, 1.165) is 5.56 Å². The second-order valence-electron chi connectivity index (χ2n) is 4.93. The fourth-order valence-corrected chi connectivity index (χ4v) is 2.38. The molecule has 1 heterocycles. The normalized spacial score (nSPS) is 16.2. The lowest BCUT2D eigenvalue weighted by molar-refractivity contribution is -0.138. The molecule has 0 spiro atoms. The van der Waals surface area contributed by atoms with E-state index in [1.807, 2.05) is 11.8 Å². The number of piperazine rings is 1. The Hall–Kier alpha value is -1.59. The van der Waals surface area contributed by atoms with Crippen LogP contribution in [-0.4, -0.2) is 59.5 Å². The monoisotopic (exact) mass is 296 g/mol. The molecule has 1 amide bonds. The second-order valence-corrected chi connectivity index (χ2v) is 5.33. The molecular weight excluding hydrogens is 280 g/mol. The van der Waals surface area contributed by atoms with E-state index in [4.69, 9.17) is 16.7 Å². The van der Waals surface area contributed by atoms with Crippen LogP contribution in [0, 0.1) is 6.92 Å². The Labute approximate surface area is 122 Å². The molecule has 5 nitrogen and oxygen atoms in total. The van der Waals surface area contributed by atoms with E-state index in [1.54, 1.807) is 23.1 Å². The first-order valence-corrected chi connectivity index (χ1v) is 6.85. The number of carbonyl (C=O) groups excluding carboxylic acids is 1. The van der Waals surface area contributed by atoms with Crippen LogP contribution in [-0.2, 0) is 4.79 Å². The summed E-state index contributed by atoms with van der Waals surface area (Å²) in [6.07, 6.45) is 0. The van der Waals surface area contributed by atoms with Gasteiger partial charge in [0.05, 0.1) is 6.54 Å². The third-order valence-electron chi connectivity index (χ3n) is 3.42. The molecule has 0 aromatic heterocycles. The molecule has 20 heavy (non-hydrogen) atoms. The lowest BCUT2D eigenvalue weighted by Crippen LogP contribution is -2.49. The Kier molecular flexibility index (Phi) is 4.62. The molecule has 0 aliphatic carbocycles. The Bertz CT molecular complexity index is 525. The van der Waals surface area contributed by atoms with Crippen molar-refractivity contribution in [2.45, 2.75) is 6.92 Å². The van der Waals surface area contributed by atoms with Crippen molar-refractivity contribution in [3.63, 3.8) is 0 Å². The van der Waals surface area contributed by atoms with Gasteiger partial charge in [0.25, 0.3) is 5.91 Å². The van der Waals surface area contributed by atoms with Gasteiger partial charge in [-0.1, -0.05) is 11.6 Å². The number of aliphatic carboxylic acids is 1. The number of carboxylic acids is 1. The van der Waals surface area contributed by atoms with Crippen molar-refractivity contribution in [2.24, 2.45) is 0 Å². The average molecular weight is 297 g/mol. The zero-order chi connectivity index (χ0) is 14.7. The summed E-state index contributed by atoms with van der Waals surface area (Å²) in [7, 11) is 0. The number of benzene rings is 1. The first-order chi connectivity index (χ1) is 9.47. The molecule has 6 heteroatoms. The predicted molar refractivity (Wildman–Crippen MR) is 76.2 cm³/mol. The summed E-state index contributed by atoms with van der Waals surface area (Å²) < 4.78 is 0. The number of carbonyl (C=O) groups is 2. The van der Waals surface area contributed by atoms with E-state index in [-0.39, 0.29) is 12.5 Å². The van der Waals surface area contributed by atoms with Gasteiger partial charge >= 0.3 is 5.97 Å². The molecule has 0 bridgehead atoms. The minimum atomic E-state index is -0.835. The van der Waals surface area contributed by atoms with Crippen molar-refractivity contribution in [3.8, 4) is 0 Å². The molecule has 1 aliphatic rings. The number of hydrogen-bond donors (Lipinski definition) is 1.